The molecule has 0 saturated heterocycles. The highest BCUT2D eigenvalue weighted by atomic mass is 79.9. The third-order valence-electron chi connectivity index (χ3n) is 1.67. The lowest BCUT2D eigenvalue weighted by Gasteiger charge is -1.90. The third kappa shape index (κ3) is 2.36. The summed E-state index contributed by atoms with van der Waals surface area (Å²) >= 11 is 13.5. The Bertz CT molecular complexity index is 498. The van der Waals surface area contributed by atoms with Crippen LogP contribution in [0.2, 0.25) is 5.02 Å². The second-order valence-electron chi connectivity index (χ2n) is 2.67. The maximum Gasteiger partial charge on any atom is 0.238 e. The third-order valence-corrected chi connectivity index (χ3v) is 4.57. The van der Waals surface area contributed by atoms with Crippen LogP contribution in [0.5, 0.6) is 0 Å². The maximum absolute atomic E-state index is 11.8. The van der Waals surface area contributed by atoms with Crippen LogP contribution >= 0.6 is 54.8 Å². The van der Waals surface area contributed by atoms with E-state index in [2.05, 4.69) is 31.9 Å². The van der Waals surface area contributed by atoms with Crippen LogP contribution in [-0.4, -0.2) is 5.78 Å². The molecule has 78 valence electrons. The molecule has 2 nitrogen and oxygen atoms in total. The van der Waals surface area contributed by atoms with E-state index in [0.29, 0.717) is 20.3 Å². The molecule has 2 rings (SSSR count). The molecule has 2 aromatic rings. The van der Waals surface area contributed by atoms with E-state index in [0.717, 1.165) is 3.79 Å². The highest BCUT2D eigenvalue weighted by molar-refractivity contribution is 9.11. The van der Waals surface area contributed by atoms with Gasteiger partial charge in [0.25, 0.3) is 0 Å². The van der Waals surface area contributed by atoms with E-state index in [9.17, 15) is 4.79 Å². The molecule has 0 radical (unpaired) electrons. The Morgan fingerprint density at radius 3 is 2.60 bits per heavy atom. The predicted molar refractivity (Wildman–Crippen MR) is 66.9 cm³/mol. The van der Waals surface area contributed by atoms with Crippen LogP contribution in [0, 0.1) is 0 Å². The van der Waals surface area contributed by atoms with Crippen molar-refractivity contribution >= 4 is 60.6 Å². The lowest BCUT2D eigenvalue weighted by atomic mass is 10.2. The molecule has 0 atom stereocenters. The van der Waals surface area contributed by atoms with Gasteiger partial charge in [-0.2, -0.15) is 0 Å². The van der Waals surface area contributed by atoms with Gasteiger partial charge in [0.05, 0.1) is 13.7 Å². The lowest BCUT2D eigenvalue weighted by Crippen LogP contribution is -1.95. The highest BCUT2D eigenvalue weighted by Crippen LogP contribution is 2.33. The molecule has 0 N–H and O–H groups in total. The highest BCUT2D eigenvalue weighted by Gasteiger charge is 2.17. The molecule has 0 aliphatic rings. The van der Waals surface area contributed by atoms with Gasteiger partial charge in [0, 0.05) is 0 Å². The summed E-state index contributed by atoms with van der Waals surface area (Å²) in [6.45, 7) is 0. The zero-order valence-electron chi connectivity index (χ0n) is 7.09. The standard InChI is InChI=1S/C9H3Br2ClO2S/c10-7-2-1-5(14-7)8(13)6-3-4(12)9(11)15-6/h1-3H. The van der Waals surface area contributed by atoms with Gasteiger partial charge in [-0.3, -0.25) is 4.79 Å². The van der Waals surface area contributed by atoms with Crippen LogP contribution in [0.1, 0.15) is 15.4 Å². The molecule has 2 aromatic heterocycles. The second kappa shape index (κ2) is 4.41. The Hall–Kier alpha value is -0.100. The largest absolute Gasteiger partial charge is 0.446 e. The molecule has 0 aliphatic heterocycles. The van der Waals surface area contributed by atoms with Crippen LogP contribution in [-0.2, 0) is 0 Å². The predicted octanol–water partition coefficient (Wildman–Crippen LogP) is 4.75. The minimum atomic E-state index is -0.168. The molecular weight excluding hydrogens is 367 g/mol. The van der Waals surface area contributed by atoms with Crippen LogP contribution in [0.3, 0.4) is 0 Å². The number of hydrogen-bond donors (Lipinski definition) is 0. The molecule has 2 heterocycles. The van der Waals surface area contributed by atoms with E-state index in [1.165, 1.54) is 11.3 Å². The first-order valence-electron chi connectivity index (χ1n) is 3.83. The van der Waals surface area contributed by atoms with E-state index < -0.39 is 0 Å². The molecule has 0 unspecified atom stereocenters. The smallest absolute Gasteiger partial charge is 0.238 e. The normalized spacial score (nSPS) is 10.6. The van der Waals surface area contributed by atoms with Crippen molar-refractivity contribution in [3.63, 3.8) is 0 Å². The fourth-order valence-corrected chi connectivity index (χ4v) is 2.97. The monoisotopic (exact) mass is 368 g/mol. The van der Waals surface area contributed by atoms with Gasteiger partial charge in [0.2, 0.25) is 5.78 Å². The van der Waals surface area contributed by atoms with Crippen LogP contribution in [0.25, 0.3) is 0 Å². The first kappa shape index (κ1) is 11.4. The quantitative estimate of drug-likeness (QED) is 0.714. The van der Waals surface area contributed by atoms with Gasteiger partial charge < -0.3 is 4.42 Å². The molecule has 6 heteroatoms. The van der Waals surface area contributed by atoms with E-state index in [1.807, 2.05) is 0 Å². The molecular formula is C9H3Br2ClO2S. The number of halogens is 3. The van der Waals surface area contributed by atoms with Crippen LogP contribution in [0.4, 0.5) is 0 Å². The van der Waals surface area contributed by atoms with Gasteiger partial charge in [-0.1, -0.05) is 11.6 Å². The zero-order valence-corrected chi connectivity index (χ0v) is 11.8. The Balaban J connectivity index is 2.36. The summed E-state index contributed by atoms with van der Waals surface area (Å²) in [7, 11) is 0. The van der Waals surface area contributed by atoms with Crippen molar-refractivity contribution in [2.45, 2.75) is 0 Å². The summed E-state index contributed by atoms with van der Waals surface area (Å²) in [6, 6.07) is 4.92. The zero-order chi connectivity index (χ0) is 11.0. The molecule has 0 saturated carbocycles. The van der Waals surface area contributed by atoms with Crippen molar-refractivity contribution in [1.82, 2.24) is 0 Å². The van der Waals surface area contributed by atoms with Gasteiger partial charge in [0.15, 0.2) is 10.4 Å². The molecule has 15 heavy (non-hydrogen) atoms. The summed E-state index contributed by atoms with van der Waals surface area (Å²) in [5.74, 6) is 0.130. The van der Waals surface area contributed by atoms with Crippen LogP contribution in [0.15, 0.2) is 31.1 Å². The summed E-state index contributed by atoms with van der Waals surface area (Å²) in [6.07, 6.45) is 0. The lowest BCUT2D eigenvalue weighted by molar-refractivity contribution is 0.101. The van der Waals surface area contributed by atoms with E-state index in [4.69, 9.17) is 16.0 Å². The van der Waals surface area contributed by atoms with Crippen molar-refractivity contribution in [2.75, 3.05) is 0 Å². The van der Waals surface area contributed by atoms with Crippen molar-refractivity contribution in [3.05, 3.63) is 42.3 Å². The number of carbonyl (C=O) groups is 1. The van der Waals surface area contributed by atoms with Crippen molar-refractivity contribution < 1.29 is 9.21 Å². The van der Waals surface area contributed by atoms with Gasteiger partial charge in [-0.15, -0.1) is 11.3 Å². The van der Waals surface area contributed by atoms with Gasteiger partial charge in [-0.05, 0) is 50.1 Å². The van der Waals surface area contributed by atoms with Crippen molar-refractivity contribution in [1.29, 1.82) is 0 Å². The van der Waals surface area contributed by atoms with Gasteiger partial charge >= 0.3 is 0 Å². The number of rotatable bonds is 2. The number of ketones is 1. The van der Waals surface area contributed by atoms with E-state index >= 15 is 0 Å². The maximum atomic E-state index is 11.8. The molecule has 0 bridgehead atoms. The van der Waals surface area contributed by atoms with Gasteiger partial charge in [0.1, 0.15) is 0 Å². The first-order chi connectivity index (χ1) is 7.08. The molecule has 0 amide bonds. The van der Waals surface area contributed by atoms with Crippen LogP contribution < -0.4 is 0 Å². The minimum Gasteiger partial charge on any atom is -0.446 e. The summed E-state index contributed by atoms with van der Waals surface area (Å²) < 4.78 is 6.45. The first-order valence-corrected chi connectivity index (χ1v) is 6.61. The number of hydrogen-bond acceptors (Lipinski definition) is 3. The summed E-state index contributed by atoms with van der Waals surface area (Å²) in [5.41, 5.74) is 0. The Morgan fingerprint density at radius 1 is 1.40 bits per heavy atom. The summed E-state index contributed by atoms with van der Waals surface area (Å²) in [4.78, 5) is 12.4. The number of thiophene rings is 1. The average molecular weight is 370 g/mol. The molecule has 0 aromatic carbocycles. The Labute approximate surface area is 111 Å². The molecule has 0 aliphatic carbocycles. The Kier molecular flexibility index (Phi) is 3.35. The number of furan rings is 1. The second-order valence-corrected chi connectivity index (χ2v) is 6.22. The van der Waals surface area contributed by atoms with Crippen molar-refractivity contribution in [2.24, 2.45) is 0 Å². The molecule has 0 spiro atoms. The topological polar surface area (TPSA) is 30.2 Å². The fraction of sp³-hybridized carbons (Fsp3) is 0. The average Bonchev–Trinajstić information content (AvgIpc) is 2.74. The minimum absolute atomic E-state index is 0.168. The SMILES string of the molecule is O=C(c1ccc(Br)o1)c1cc(Cl)c(Br)s1. The summed E-state index contributed by atoms with van der Waals surface area (Å²) in [5, 5.41) is 0.536. The Morgan fingerprint density at radius 2 is 2.13 bits per heavy atom. The van der Waals surface area contributed by atoms with Crippen molar-refractivity contribution in [3.8, 4) is 0 Å². The molecule has 0 fully saturated rings. The van der Waals surface area contributed by atoms with E-state index in [1.54, 1.807) is 18.2 Å². The van der Waals surface area contributed by atoms with Gasteiger partial charge in [-0.25, -0.2) is 0 Å². The number of carbonyl (C=O) groups excluding carboxylic acids is 1. The van der Waals surface area contributed by atoms with E-state index in [-0.39, 0.29) is 5.78 Å². The fourth-order valence-electron chi connectivity index (χ4n) is 1.02.